The first kappa shape index (κ1) is 14.3. The summed E-state index contributed by atoms with van der Waals surface area (Å²) < 4.78 is 11.2. The van der Waals surface area contributed by atoms with Crippen LogP contribution in [0, 0.1) is 5.92 Å². The Morgan fingerprint density at radius 2 is 1.72 bits per heavy atom. The summed E-state index contributed by atoms with van der Waals surface area (Å²) in [7, 11) is 2.26. The second kappa shape index (κ2) is 7.46. The molecule has 1 aliphatic carbocycles. The molecule has 3 heteroatoms. The van der Waals surface area contributed by atoms with Crippen LogP contribution in [0.4, 0.5) is 0 Å². The van der Waals surface area contributed by atoms with E-state index in [1.54, 1.807) is 0 Å². The number of ether oxygens (including phenoxy) is 2. The van der Waals surface area contributed by atoms with Crippen molar-refractivity contribution in [3.8, 4) is 0 Å². The third-order valence-electron chi connectivity index (χ3n) is 4.63. The molecule has 1 saturated heterocycles. The van der Waals surface area contributed by atoms with Crippen LogP contribution in [0.25, 0.3) is 0 Å². The van der Waals surface area contributed by atoms with Gasteiger partial charge >= 0.3 is 0 Å². The monoisotopic (exact) mass is 255 g/mol. The molecule has 2 fully saturated rings. The summed E-state index contributed by atoms with van der Waals surface area (Å²) in [6.45, 7) is 5.17. The predicted octanol–water partition coefficient (Wildman–Crippen LogP) is 3.04. The van der Waals surface area contributed by atoms with Crippen molar-refractivity contribution in [2.24, 2.45) is 5.92 Å². The van der Waals surface area contributed by atoms with E-state index in [1.165, 1.54) is 32.1 Å². The molecular weight excluding hydrogens is 226 g/mol. The second-order valence-electron chi connectivity index (χ2n) is 5.88. The first-order chi connectivity index (χ1) is 8.79. The van der Waals surface area contributed by atoms with E-state index in [9.17, 15) is 0 Å². The highest BCUT2D eigenvalue weighted by Gasteiger charge is 2.24. The number of nitrogens with zero attached hydrogens (tertiary/aromatic N) is 1. The van der Waals surface area contributed by atoms with Gasteiger partial charge in [-0.2, -0.15) is 0 Å². The molecule has 2 aliphatic rings. The van der Waals surface area contributed by atoms with Gasteiger partial charge in [0, 0.05) is 19.0 Å². The van der Waals surface area contributed by atoms with Crippen LogP contribution < -0.4 is 0 Å². The maximum atomic E-state index is 5.60. The summed E-state index contributed by atoms with van der Waals surface area (Å²) in [4.78, 5) is 2.52. The van der Waals surface area contributed by atoms with Crippen molar-refractivity contribution in [1.29, 1.82) is 0 Å². The lowest BCUT2D eigenvalue weighted by Gasteiger charge is -2.35. The molecule has 2 rings (SSSR count). The summed E-state index contributed by atoms with van der Waals surface area (Å²) in [5.41, 5.74) is 0. The van der Waals surface area contributed by atoms with Crippen LogP contribution in [0.15, 0.2) is 0 Å². The lowest BCUT2D eigenvalue weighted by atomic mass is 9.84. The third-order valence-corrected chi connectivity index (χ3v) is 4.63. The van der Waals surface area contributed by atoms with E-state index in [0.717, 1.165) is 44.6 Å². The van der Waals surface area contributed by atoms with Crippen LogP contribution in [0.1, 0.15) is 51.9 Å². The van der Waals surface area contributed by atoms with Gasteiger partial charge in [-0.3, -0.25) is 0 Å². The molecule has 0 radical (unpaired) electrons. The molecule has 0 aromatic rings. The van der Waals surface area contributed by atoms with Gasteiger partial charge in [-0.1, -0.05) is 13.3 Å². The summed E-state index contributed by atoms with van der Waals surface area (Å²) in [6.07, 6.45) is 9.07. The zero-order valence-electron chi connectivity index (χ0n) is 12.1. The summed E-state index contributed by atoms with van der Waals surface area (Å²) in [5.74, 6) is 0.986. The van der Waals surface area contributed by atoms with Gasteiger partial charge in [-0.25, -0.2) is 0 Å². The van der Waals surface area contributed by atoms with E-state index >= 15 is 0 Å². The van der Waals surface area contributed by atoms with Gasteiger partial charge in [0.15, 0.2) is 6.29 Å². The number of hydrogen-bond donors (Lipinski definition) is 0. The van der Waals surface area contributed by atoms with Crippen molar-refractivity contribution in [3.63, 3.8) is 0 Å². The number of rotatable bonds is 5. The minimum absolute atomic E-state index is 0.0492. The zero-order valence-corrected chi connectivity index (χ0v) is 12.1. The molecule has 0 spiro atoms. The van der Waals surface area contributed by atoms with Gasteiger partial charge < -0.3 is 14.4 Å². The minimum atomic E-state index is 0.0492. The van der Waals surface area contributed by atoms with E-state index in [1.807, 2.05) is 0 Å². The lowest BCUT2D eigenvalue weighted by molar-refractivity contribution is -0.182. The fraction of sp³-hybridized carbons (Fsp3) is 1.00. The molecule has 1 saturated carbocycles. The molecule has 18 heavy (non-hydrogen) atoms. The first-order valence-corrected chi connectivity index (χ1v) is 7.73. The van der Waals surface area contributed by atoms with Crippen molar-refractivity contribution in [1.82, 2.24) is 4.90 Å². The van der Waals surface area contributed by atoms with Crippen LogP contribution in [-0.4, -0.2) is 44.0 Å². The minimum Gasteiger partial charge on any atom is -0.353 e. The summed E-state index contributed by atoms with van der Waals surface area (Å²) in [5, 5.41) is 0. The maximum Gasteiger partial charge on any atom is 0.158 e. The highest BCUT2D eigenvalue weighted by atomic mass is 16.7. The summed E-state index contributed by atoms with van der Waals surface area (Å²) >= 11 is 0. The van der Waals surface area contributed by atoms with Crippen LogP contribution in [0.5, 0.6) is 0 Å². The molecule has 0 bridgehead atoms. The van der Waals surface area contributed by atoms with Crippen LogP contribution >= 0.6 is 0 Å². The van der Waals surface area contributed by atoms with Gasteiger partial charge in [-0.05, 0) is 45.1 Å². The topological polar surface area (TPSA) is 21.7 Å². The molecule has 1 heterocycles. The second-order valence-corrected chi connectivity index (χ2v) is 5.88. The predicted molar refractivity (Wildman–Crippen MR) is 73.6 cm³/mol. The Morgan fingerprint density at radius 3 is 2.33 bits per heavy atom. The highest BCUT2D eigenvalue weighted by molar-refractivity contribution is 4.77. The Kier molecular flexibility index (Phi) is 5.93. The third kappa shape index (κ3) is 4.22. The normalized spacial score (nSPS) is 30.8. The fourth-order valence-electron chi connectivity index (χ4n) is 3.19. The average Bonchev–Trinajstić information content (AvgIpc) is 2.46. The van der Waals surface area contributed by atoms with E-state index in [4.69, 9.17) is 9.47 Å². The largest absolute Gasteiger partial charge is 0.353 e. The Morgan fingerprint density at radius 1 is 1.06 bits per heavy atom. The van der Waals surface area contributed by atoms with Gasteiger partial charge in [-0.15, -0.1) is 0 Å². The highest BCUT2D eigenvalue weighted by Crippen LogP contribution is 2.29. The van der Waals surface area contributed by atoms with Gasteiger partial charge in [0.05, 0.1) is 13.2 Å². The standard InChI is InChI=1S/C15H29NO2/c1-3-13-5-7-14(8-6-13)16(2)10-9-15-17-11-4-12-18-15/h13-15H,3-12H2,1-2H3. The quantitative estimate of drug-likeness (QED) is 0.753. The van der Waals surface area contributed by atoms with E-state index < -0.39 is 0 Å². The van der Waals surface area contributed by atoms with Crippen LogP contribution in [0.2, 0.25) is 0 Å². The van der Waals surface area contributed by atoms with Crippen LogP contribution in [0.3, 0.4) is 0 Å². The van der Waals surface area contributed by atoms with Gasteiger partial charge in [0.2, 0.25) is 0 Å². The molecule has 0 N–H and O–H groups in total. The molecule has 0 unspecified atom stereocenters. The Bertz CT molecular complexity index is 221. The van der Waals surface area contributed by atoms with Crippen molar-refractivity contribution in [3.05, 3.63) is 0 Å². The van der Waals surface area contributed by atoms with Crippen molar-refractivity contribution < 1.29 is 9.47 Å². The SMILES string of the molecule is CCC1CCC(N(C)CCC2OCCCO2)CC1. The van der Waals surface area contributed by atoms with E-state index in [-0.39, 0.29) is 6.29 Å². The maximum absolute atomic E-state index is 5.60. The Hall–Kier alpha value is -0.120. The summed E-state index contributed by atoms with van der Waals surface area (Å²) in [6, 6.07) is 0.788. The Balaban J connectivity index is 1.63. The van der Waals surface area contributed by atoms with Crippen molar-refractivity contribution >= 4 is 0 Å². The average molecular weight is 255 g/mol. The molecule has 3 nitrogen and oxygen atoms in total. The van der Waals surface area contributed by atoms with Gasteiger partial charge in [0.25, 0.3) is 0 Å². The smallest absolute Gasteiger partial charge is 0.158 e. The van der Waals surface area contributed by atoms with Crippen LogP contribution in [-0.2, 0) is 9.47 Å². The molecule has 0 atom stereocenters. The Labute approximate surface area is 112 Å². The van der Waals surface area contributed by atoms with E-state index in [2.05, 4.69) is 18.9 Å². The zero-order chi connectivity index (χ0) is 12.8. The fourth-order valence-corrected chi connectivity index (χ4v) is 3.19. The molecule has 1 aliphatic heterocycles. The van der Waals surface area contributed by atoms with Gasteiger partial charge in [0.1, 0.15) is 0 Å². The van der Waals surface area contributed by atoms with E-state index in [0.29, 0.717) is 0 Å². The molecule has 0 amide bonds. The van der Waals surface area contributed by atoms with Crippen molar-refractivity contribution in [2.75, 3.05) is 26.8 Å². The first-order valence-electron chi connectivity index (χ1n) is 7.73. The molecule has 0 aromatic heterocycles. The van der Waals surface area contributed by atoms with Crippen molar-refractivity contribution in [2.45, 2.75) is 64.2 Å². The molecule has 106 valence electrons. The molecule has 0 aromatic carbocycles. The molecular formula is C15H29NO2. The lowest BCUT2D eigenvalue weighted by Crippen LogP contribution is -2.38. The number of hydrogen-bond acceptors (Lipinski definition) is 3.